The third kappa shape index (κ3) is 10.0. The van der Waals surface area contributed by atoms with Gasteiger partial charge in [-0.25, -0.2) is 9.59 Å². The Bertz CT molecular complexity index is 460. The Balaban J connectivity index is 4.92. The van der Waals surface area contributed by atoms with E-state index in [1.54, 1.807) is 0 Å². The van der Waals surface area contributed by atoms with Crippen molar-refractivity contribution in [1.29, 1.82) is 0 Å². The van der Waals surface area contributed by atoms with Crippen LogP contribution in [0, 0.1) is 0 Å². The molecule has 0 saturated carbocycles. The molecule has 25 heavy (non-hydrogen) atoms. The van der Waals surface area contributed by atoms with Crippen molar-refractivity contribution in [2.24, 2.45) is 0 Å². The fourth-order valence-electron chi connectivity index (χ4n) is 1.89. The van der Waals surface area contributed by atoms with Gasteiger partial charge in [0.2, 0.25) is 0 Å². The Hall–Kier alpha value is -1.71. The van der Waals surface area contributed by atoms with Crippen LogP contribution in [-0.2, 0) is 23.9 Å². The van der Waals surface area contributed by atoms with Crippen LogP contribution in [-0.4, -0.2) is 83.9 Å². The summed E-state index contributed by atoms with van der Waals surface area (Å²) in [6.07, 6.45) is -1.13. The van der Waals surface area contributed by atoms with Gasteiger partial charge in [0.1, 0.15) is 6.54 Å². The van der Waals surface area contributed by atoms with Crippen LogP contribution in [0.25, 0.3) is 0 Å². The van der Waals surface area contributed by atoms with Gasteiger partial charge in [0.05, 0.1) is 27.7 Å². The molecule has 0 aliphatic carbocycles. The van der Waals surface area contributed by atoms with E-state index in [2.05, 4.69) is 0 Å². The summed E-state index contributed by atoms with van der Waals surface area (Å²) in [6, 6.07) is 0. The highest BCUT2D eigenvalue weighted by atomic mass is 16.7. The molecule has 0 heterocycles. The first-order valence-electron chi connectivity index (χ1n) is 8.23. The predicted octanol–water partition coefficient (Wildman–Crippen LogP) is 0.449. The minimum Gasteiger partial charge on any atom is -0.481 e. The monoisotopic (exact) mass is 364 g/mol. The molecule has 2 atom stereocenters. The average Bonchev–Trinajstić information content (AvgIpc) is 2.47. The fourth-order valence-corrected chi connectivity index (χ4v) is 1.89. The van der Waals surface area contributed by atoms with Crippen molar-refractivity contribution >= 4 is 17.9 Å². The van der Waals surface area contributed by atoms with Crippen LogP contribution in [0.2, 0.25) is 0 Å². The van der Waals surface area contributed by atoms with Crippen LogP contribution >= 0.6 is 0 Å². The maximum Gasteiger partial charge on any atom is 0.367 e. The lowest BCUT2D eigenvalue weighted by Gasteiger charge is -2.30. The lowest BCUT2D eigenvalue weighted by atomic mass is 10.1. The number of hydrogen-bond acceptors (Lipinski definition) is 6. The third-order valence-electron chi connectivity index (χ3n) is 3.47. The van der Waals surface area contributed by atoms with E-state index in [0.29, 0.717) is 11.0 Å². The predicted molar refractivity (Wildman–Crippen MR) is 87.7 cm³/mol. The molecule has 0 aromatic heterocycles. The first-order chi connectivity index (χ1) is 11.4. The summed E-state index contributed by atoms with van der Waals surface area (Å²) < 4.78 is 10.7. The van der Waals surface area contributed by atoms with Crippen molar-refractivity contribution in [3.8, 4) is 0 Å². The van der Waals surface area contributed by atoms with Gasteiger partial charge >= 0.3 is 17.9 Å². The maximum absolute atomic E-state index is 12.2. The molecule has 0 fully saturated rings. The van der Waals surface area contributed by atoms with Crippen molar-refractivity contribution in [2.45, 2.75) is 50.9 Å². The second-order valence-corrected chi connectivity index (χ2v) is 6.89. The van der Waals surface area contributed by atoms with Crippen LogP contribution in [0.15, 0.2) is 0 Å². The van der Waals surface area contributed by atoms with Crippen LogP contribution in [0.4, 0.5) is 0 Å². The zero-order valence-corrected chi connectivity index (χ0v) is 15.4. The molecule has 0 bridgehead atoms. The molecule has 0 rings (SSSR count). The molecule has 0 aliphatic heterocycles. The molecule has 0 spiro atoms. The molecule has 0 aromatic rings. The summed E-state index contributed by atoms with van der Waals surface area (Å²) in [7, 11) is 5.72. The quantitative estimate of drug-likeness (QED) is 0.186. The van der Waals surface area contributed by atoms with E-state index in [4.69, 9.17) is 19.7 Å². The number of ether oxygens (including phenoxy) is 2. The number of aliphatic hydroxyl groups is 1. The Morgan fingerprint density at radius 3 is 2.16 bits per heavy atom. The SMILES string of the molecule is CCC(OC(=O)C(O)(CCCCC(=O)O)OCC[N+](C)(C)C)C(=O)O. The zero-order chi connectivity index (χ0) is 19.7. The molecule has 0 saturated heterocycles. The van der Waals surface area contributed by atoms with Gasteiger partial charge < -0.3 is 29.3 Å². The molecule has 0 aliphatic rings. The van der Waals surface area contributed by atoms with Crippen molar-refractivity contribution in [3.05, 3.63) is 0 Å². The fraction of sp³-hybridized carbons (Fsp3) is 0.812. The van der Waals surface area contributed by atoms with Crippen LogP contribution < -0.4 is 0 Å². The van der Waals surface area contributed by atoms with E-state index < -0.39 is 29.8 Å². The van der Waals surface area contributed by atoms with E-state index in [9.17, 15) is 19.5 Å². The molecular formula is C16H30NO8+. The van der Waals surface area contributed by atoms with Crippen molar-refractivity contribution in [1.82, 2.24) is 0 Å². The number of quaternary nitrogens is 1. The summed E-state index contributed by atoms with van der Waals surface area (Å²) in [5, 5.41) is 28.1. The Kier molecular flexibility index (Phi) is 9.61. The zero-order valence-electron chi connectivity index (χ0n) is 15.4. The molecular weight excluding hydrogens is 334 g/mol. The summed E-state index contributed by atoms with van der Waals surface area (Å²) in [5.74, 6) is -5.75. The summed E-state index contributed by atoms with van der Waals surface area (Å²) >= 11 is 0. The van der Waals surface area contributed by atoms with Crippen LogP contribution in [0.1, 0.15) is 39.0 Å². The maximum atomic E-state index is 12.2. The van der Waals surface area contributed by atoms with Gasteiger partial charge in [-0.3, -0.25) is 4.79 Å². The summed E-state index contributed by atoms with van der Waals surface area (Å²) in [4.78, 5) is 33.8. The number of aliphatic carboxylic acids is 2. The Labute approximate surface area is 147 Å². The standard InChI is InChI=1S/C16H29NO8/c1-5-12(14(20)21)25-15(22)16(23,9-7-6-8-13(18)19)24-11-10-17(2,3)4/h12,23H,5-11H2,1-4H3,(H-,18,19,20,21)/p+1. The lowest BCUT2D eigenvalue weighted by Crippen LogP contribution is -2.48. The number of unbranched alkanes of at least 4 members (excludes halogenated alkanes) is 1. The number of carbonyl (C=O) groups excluding carboxylic acids is 1. The van der Waals surface area contributed by atoms with Gasteiger partial charge in [-0.1, -0.05) is 6.92 Å². The van der Waals surface area contributed by atoms with Crippen LogP contribution in [0.3, 0.4) is 0 Å². The van der Waals surface area contributed by atoms with E-state index in [-0.39, 0.29) is 38.7 Å². The molecule has 9 heteroatoms. The number of carbonyl (C=O) groups is 3. The minimum atomic E-state index is -2.30. The van der Waals surface area contributed by atoms with E-state index in [1.807, 2.05) is 21.1 Å². The lowest BCUT2D eigenvalue weighted by molar-refractivity contribution is -0.871. The normalized spacial score (nSPS) is 15.2. The van der Waals surface area contributed by atoms with Gasteiger partial charge in [0.15, 0.2) is 6.10 Å². The van der Waals surface area contributed by atoms with Gasteiger partial charge in [-0.15, -0.1) is 0 Å². The van der Waals surface area contributed by atoms with Gasteiger partial charge in [-0.2, -0.15) is 0 Å². The number of rotatable bonds is 13. The number of carboxylic acids is 2. The molecule has 146 valence electrons. The van der Waals surface area contributed by atoms with Crippen molar-refractivity contribution < 1.29 is 43.7 Å². The molecule has 0 aromatic carbocycles. The number of esters is 1. The van der Waals surface area contributed by atoms with Crippen molar-refractivity contribution in [3.63, 3.8) is 0 Å². The second kappa shape index (κ2) is 10.3. The highest BCUT2D eigenvalue weighted by molar-refractivity contribution is 5.82. The largest absolute Gasteiger partial charge is 0.481 e. The summed E-state index contributed by atoms with van der Waals surface area (Å²) in [6.45, 7) is 2.09. The van der Waals surface area contributed by atoms with Gasteiger partial charge in [0.25, 0.3) is 5.79 Å². The van der Waals surface area contributed by atoms with E-state index in [0.717, 1.165) is 0 Å². The molecule has 2 unspecified atom stereocenters. The highest BCUT2D eigenvalue weighted by Crippen LogP contribution is 2.21. The Morgan fingerprint density at radius 1 is 1.12 bits per heavy atom. The second-order valence-electron chi connectivity index (χ2n) is 6.89. The van der Waals surface area contributed by atoms with E-state index in [1.165, 1.54) is 6.92 Å². The molecule has 0 amide bonds. The smallest absolute Gasteiger partial charge is 0.367 e. The Morgan fingerprint density at radius 2 is 1.72 bits per heavy atom. The molecule has 0 radical (unpaired) electrons. The average molecular weight is 364 g/mol. The van der Waals surface area contributed by atoms with E-state index >= 15 is 0 Å². The van der Waals surface area contributed by atoms with Crippen LogP contribution in [0.5, 0.6) is 0 Å². The number of likely N-dealkylation sites (N-methyl/N-ethyl adjacent to an activating group) is 1. The van der Waals surface area contributed by atoms with Gasteiger partial charge in [-0.05, 0) is 19.3 Å². The highest BCUT2D eigenvalue weighted by Gasteiger charge is 2.41. The first kappa shape index (κ1) is 23.3. The van der Waals surface area contributed by atoms with Gasteiger partial charge in [0, 0.05) is 12.8 Å². The minimum absolute atomic E-state index is 0.0506. The number of nitrogens with zero attached hydrogens (tertiary/aromatic N) is 1. The molecule has 3 N–H and O–H groups in total. The number of hydrogen-bond donors (Lipinski definition) is 3. The topological polar surface area (TPSA) is 130 Å². The number of carboxylic acid groups (broad SMARTS) is 2. The molecule has 9 nitrogen and oxygen atoms in total. The summed E-state index contributed by atoms with van der Waals surface area (Å²) in [5.41, 5.74) is 0. The van der Waals surface area contributed by atoms with Crippen molar-refractivity contribution in [2.75, 3.05) is 34.3 Å². The first-order valence-corrected chi connectivity index (χ1v) is 8.23. The third-order valence-corrected chi connectivity index (χ3v) is 3.47.